The number of rotatable bonds is 6. The van der Waals surface area contributed by atoms with Crippen LogP contribution in [0.2, 0.25) is 5.02 Å². The molecule has 0 aliphatic heterocycles. The van der Waals surface area contributed by atoms with Crippen LogP contribution in [0, 0.1) is 0 Å². The number of hydrogen-bond acceptors (Lipinski definition) is 3. The van der Waals surface area contributed by atoms with Crippen molar-refractivity contribution >= 4 is 29.1 Å². The lowest BCUT2D eigenvalue weighted by atomic mass is 10.2. The number of hydrogen-bond donors (Lipinski definition) is 2. The van der Waals surface area contributed by atoms with Crippen LogP contribution < -0.4 is 5.32 Å². The summed E-state index contributed by atoms with van der Waals surface area (Å²) in [5.41, 5.74) is 1.80. The van der Waals surface area contributed by atoms with Gasteiger partial charge in [0.15, 0.2) is 0 Å². The number of amides is 1. The minimum atomic E-state index is -0.875. The largest absolute Gasteiger partial charge is 0.481 e. The van der Waals surface area contributed by atoms with Crippen molar-refractivity contribution in [2.45, 2.75) is 26.2 Å². The molecule has 0 atom stereocenters. The smallest absolute Gasteiger partial charge is 0.303 e. The maximum absolute atomic E-state index is 12.3. The van der Waals surface area contributed by atoms with Gasteiger partial charge in [-0.05, 0) is 25.0 Å². The molecule has 0 unspecified atom stereocenters. The summed E-state index contributed by atoms with van der Waals surface area (Å²) in [4.78, 5) is 27.1. The van der Waals surface area contributed by atoms with Crippen LogP contribution >= 0.6 is 11.6 Å². The fraction of sp³-hybridized carbons (Fsp3) is 0.357. The first-order valence-electron chi connectivity index (χ1n) is 6.69. The van der Waals surface area contributed by atoms with E-state index in [1.807, 2.05) is 6.92 Å². The van der Waals surface area contributed by atoms with Gasteiger partial charge in [-0.25, -0.2) is 4.98 Å². The lowest BCUT2D eigenvalue weighted by Crippen LogP contribution is -2.27. The van der Waals surface area contributed by atoms with Crippen molar-refractivity contribution in [3.05, 3.63) is 34.7 Å². The summed E-state index contributed by atoms with van der Waals surface area (Å²) in [6, 6.07) is 3.47. The van der Waals surface area contributed by atoms with E-state index in [-0.39, 0.29) is 12.3 Å². The Morgan fingerprint density at radius 1 is 1.43 bits per heavy atom. The van der Waals surface area contributed by atoms with Crippen LogP contribution in [-0.2, 0) is 11.2 Å². The van der Waals surface area contributed by atoms with Crippen LogP contribution in [0.4, 0.5) is 0 Å². The number of nitrogens with one attached hydrogen (secondary N) is 1. The number of carboxylic acid groups (broad SMARTS) is 1. The number of carboxylic acids is 1. The Balaban J connectivity index is 2.21. The molecular weight excluding hydrogens is 294 g/mol. The second-order valence-electron chi connectivity index (χ2n) is 4.59. The minimum absolute atomic E-state index is 0.0277. The van der Waals surface area contributed by atoms with Crippen LogP contribution in [0.5, 0.6) is 0 Å². The Kier molecular flexibility index (Phi) is 4.80. The average molecular weight is 310 g/mol. The number of aliphatic carboxylic acids is 1. The van der Waals surface area contributed by atoms with E-state index in [4.69, 9.17) is 16.7 Å². The molecule has 21 heavy (non-hydrogen) atoms. The predicted molar refractivity (Wildman–Crippen MR) is 78.8 cm³/mol. The summed E-state index contributed by atoms with van der Waals surface area (Å²) in [7, 11) is 0. The van der Waals surface area contributed by atoms with Crippen molar-refractivity contribution in [3.63, 3.8) is 0 Å². The highest BCUT2D eigenvalue weighted by Gasteiger charge is 2.18. The highest BCUT2D eigenvalue weighted by Crippen LogP contribution is 2.17. The zero-order chi connectivity index (χ0) is 15.4. The quantitative estimate of drug-likeness (QED) is 0.801. The van der Waals surface area contributed by atoms with E-state index in [1.54, 1.807) is 22.7 Å². The first-order chi connectivity index (χ1) is 10.0. The maximum Gasteiger partial charge on any atom is 0.303 e. The Hall–Kier alpha value is -2.08. The van der Waals surface area contributed by atoms with Gasteiger partial charge in [0.1, 0.15) is 11.3 Å². The molecule has 2 heterocycles. The van der Waals surface area contributed by atoms with E-state index in [0.29, 0.717) is 41.4 Å². The molecule has 7 heteroatoms. The fourth-order valence-electron chi connectivity index (χ4n) is 2.08. The zero-order valence-corrected chi connectivity index (χ0v) is 12.4. The van der Waals surface area contributed by atoms with Crippen molar-refractivity contribution in [1.29, 1.82) is 0 Å². The molecule has 0 bridgehead atoms. The molecule has 0 radical (unpaired) electrons. The van der Waals surface area contributed by atoms with Gasteiger partial charge in [-0.1, -0.05) is 18.5 Å². The Labute approximate surface area is 126 Å². The average Bonchev–Trinajstić information content (AvgIpc) is 2.80. The highest BCUT2D eigenvalue weighted by molar-refractivity contribution is 6.30. The molecule has 6 nitrogen and oxygen atoms in total. The van der Waals surface area contributed by atoms with Crippen molar-refractivity contribution in [3.8, 4) is 0 Å². The lowest BCUT2D eigenvalue weighted by molar-refractivity contribution is -0.137. The Morgan fingerprint density at radius 2 is 2.19 bits per heavy atom. The molecule has 2 rings (SSSR count). The molecule has 0 saturated heterocycles. The number of carbonyl (C=O) groups is 2. The van der Waals surface area contributed by atoms with Crippen LogP contribution in [0.15, 0.2) is 18.3 Å². The number of aromatic nitrogens is 2. The molecule has 0 aromatic carbocycles. The SMILES string of the molecule is CCc1nc2ccc(Cl)cn2c1C(=O)NCCCC(=O)O. The van der Waals surface area contributed by atoms with Gasteiger partial charge in [0, 0.05) is 19.2 Å². The summed E-state index contributed by atoms with van der Waals surface area (Å²) in [5, 5.41) is 11.8. The summed E-state index contributed by atoms with van der Waals surface area (Å²) >= 11 is 5.96. The third-order valence-corrected chi connectivity index (χ3v) is 3.28. The standard InChI is InChI=1S/C14H16ClN3O3/c1-2-10-13(14(21)16-7-3-4-12(19)20)18-8-9(15)5-6-11(18)17-10/h5-6,8H,2-4,7H2,1H3,(H,16,21)(H,19,20). The molecule has 2 aromatic heterocycles. The first-order valence-corrected chi connectivity index (χ1v) is 7.07. The van der Waals surface area contributed by atoms with Gasteiger partial charge in [0.05, 0.1) is 10.7 Å². The summed E-state index contributed by atoms with van der Waals surface area (Å²) in [6.45, 7) is 2.23. The second-order valence-corrected chi connectivity index (χ2v) is 5.03. The number of imidazole rings is 1. The summed E-state index contributed by atoms with van der Waals surface area (Å²) in [6.07, 6.45) is 2.69. The topological polar surface area (TPSA) is 83.7 Å². The van der Waals surface area contributed by atoms with Crippen molar-refractivity contribution in [1.82, 2.24) is 14.7 Å². The maximum atomic E-state index is 12.3. The van der Waals surface area contributed by atoms with Crippen molar-refractivity contribution in [2.75, 3.05) is 6.54 Å². The summed E-state index contributed by atoms with van der Waals surface area (Å²) in [5.74, 6) is -1.15. The van der Waals surface area contributed by atoms with E-state index in [0.717, 1.165) is 0 Å². The van der Waals surface area contributed by atoms with Crippen LogP contribution in [-0.4, -0.2) is 32.9 Å². The minimum Gasteiger partial charge on any atom is -0.481 e. The molecule has 112 valence electrons. The molecule has 2 N–H and O–H groups in total. The van der Waals surface area contributed by atoms with Gasteiger partial charge in [0.25, 0.3) is 5.91 Å². The van der Waals surface area contributed by atoms with E-state index in [1.165, 1.54) is 0 Å². The van der Waals surface area contributed by atoms with Gasteiger partial charge in [-0.15, -0.1) is 0 Å². The second kappa shape index (κ2) is 6.58. The molecule has 0 saturated carbocycles. The molecular formula is C14H16ClN3O3. The summed E-state index contributed by atoms with van der Waals surface area (Å²) < 4.78 is 1.66. The lowest BCUT2D eigenvalue weighted by Gasteiger charge is -2.06. The Bertz CT molecular complexity index is 681. The van der Waals surface area contributed by atoms with Crippen molar-refractivity contribution < 1.29 is 14.7 Å². The molecule has 1 amide bonds. The van der Waals surface area contributed by atoms with Gasteiger partial charge in [0.2, 0.25) is 0 Å². The van der Waals surface area contributed by atoms with Crippen LogP contribution in [0.3, 0.4) is 0 Å². The third kappa shape index (κ3) is 3.52. The molecule has 0 aliphatic carbocycles. The van der Waals surface area contributed by atoms with E-state index < -0.39 is 5.97 Å². The van der Waals surface area contributed by atoms with E-state index >= 15 is 0 Å². The monoisotopic (exact) mass is 309 g/mol. The van der Waals surface area contributed by atoms with Gasteiger partial charge < -0.3 is 10.4 Å². The number of halogens is 1. The van der Waals surface area contributed by atoms with E-state index in [2.05, 4.69) is 10.3 Å². The fourth-order valence-corrected chi connectivity index (χ4v) is 2.24. The number of aryl methyl sites for hydroxylation is 1. The third-order valence-electron chi connectivity index (χ3n) is 3.06. The highest BCUT2D eigenvalue weighted by atomic mass is 35.5. The van der Waals surface area contributed by atoms with Crippen molar-refractivity contribution in [2.24, 2.45) is 0 Å². The molecule has 0 spiro atoms. The van der Waals surface area contributed by atoms with Gasteiger partial charge >= 0.3 is 5.97 Å². The number of fused-ring (bicyclic) bond motifs is 1. The van der Waals surface area contributed by atoms with Crippen LogP contribution in [0.25, 0.3) is 5.65 Å². The molecule has 0 aliphatic rings. The number of carbonyl (C=O) groups excluding carboxylic acids is 1. The number of pyridine rings is 1. The first kappa shape index (κ1) is 15.3. The molecule has 0 fully saturated rings. The normalized spacial score (nSPS) is 10.8. The van der Waals surface area contributed by atoms with E-state index in [9.17, 15) is 9.59 Å². The molecule has 2 aromatic rings. The zero-order valence-electron chi connectivity index (χ0n) is 11.6. The van der Waals surface area contributed by atoms with Gasteiger partial charge in [-0.2, -0.15) is 0 Å². The number of nitrogens with zero attached hydrogens (tertiary/aromatic N) is 2. The predicted octanol–water partition coefficient (Wildman–Crippen LogP) is 2.14. The van der Waals surface area contributed by atoms with Gasteiger partial charge in [-0.3, -0.25) is 14.0 Å². The van der Waals surface area contributed by atoms with Crippen LogP contribution in [0.1, 0.15) is 35.9 Å². The Morgan fingerprint density at radius 3 is 2.86 bits per heavy atom.